The van der Waals surface area contributed by atoms with E-state index < -0.39 is 0 Å². The Morgan fingerprint density at radius 3 is 3.06 bits per heavy atom. The first-order valence-corrected chi connectivity index (χ1v) is 4.90. The third kappa shape index (κ3) is 1.84. The Kier molecular flexibility index (Phi) is 2.53. The van der Waals surface area contributed by atoms with Crippen LogP contribution in [0.1, 0.15) is 5.82 Å². The molecule has 0 saturated carbocycles. The number of nitrogens with two attached hydrogens (primary N) is 1. The molecule has 0 aliphatic rings. The van der Waals surface area contributed by atoms with Gasteiger partial charge in [0.05, 0.1) is 10.9 Å². The number of aromatic nitrogens is 3. The molecule has 2 rings (SSSR count). The maximum atomic E-state index is 11.9. The number of hydrogen-bond donors (Lipinski definition) is 2. The molecule has 0 amide bonds. The molecule has 2 heterocycles. The van der Waals surface area contributed by atoms with Crippen molar-refractivity contribution in [2.24, 2.45) is 5.73 Å². The van der Waals surface area contributed by atoms with Crippen LogP contribution in [-0.4, -0.2) is 19.8 Å². The van der Waals surface area contributed by atoms with Gasteiger partial charge in [0.25, 0.3) is 5.56 Å². The van der Waals surface area contributed by atoms with Crippen molar-refractivity contribution in [3.05, 3.63) is 34.6 Å². The van der Waals surface area contributed by atoms with E-state index in [0.717, 1.165) is 0 Å². The van der Waals surface area contributed by atoms with Crippen molar-refractivity contribution in [3.63, 3.8) is 0 Å². The van der Waals surface area contributed by atoms with Crippen molar-refractivity contribution in [1.82, 2.24) is 14.6 Å². The number of nitrogens with one attached hydrogen (secondary N) is 1. The second kappa shape index (κ2) is 3.86. The second-order valence-electron chi connectivity index (χ2n) is 3.18. The molecule has 16 heavy (non-hydrogen) atoms. The topological polar surface area (TPSA) is 85.8 Å². The Bertz CT molecular complexity index is 621. The summed E-state index contributed by atoms with van der Waals surface area (Å²) in [7, 11) is 0. The highest BCUT2D eigenvalue weighted by Gasteiger charge is 2.04. The van der Waals surface area contributed by atoms with E-state index in [1.54, 1.807) is 13.0 Å². The molecule has 0 spiro atoms. The van der Waals surface area contributed by atoms with Crippen molar-refractivity contribution >= 4 is 28.2 Å². The summed E-state index contributed by atoms with van der Waals surface area (Å²) in [5, 5.41) is 0.436. The van der Waals surface area contributed by atoms with Gasteiger partial charge in [0.2, 0.25) is 0 Å². The average molecular weight is 235 g/mol. The molecule has 0 fully saturated rings. The van der Waals surface area contributed by atoms with Gasteiger partial charge in [0, 0.05) is 12.4 Å². The highest BCUT2D eigenvalue weighted by Crippen LogP contribution is 2.03. The van der Waals surface area contributed by atoms with E-state index in [1.807, 2.05) is 0 Å². The summed E-state index contributed by atoms with van der Waals surface area (Å²) in [6, 6.07) is 1.69. The van der Waals surface area contributed by atoms with E-state index in [9.17, 15) is 4.79 Å². The fourth-order valence-electron chi connectivity index (χ4n) is 1.33. The third-order valence-corrected chi connectivity index (χ3v) is 2.09. The Morgan fingerprint density at radius 1 is 1.62 bits per heavy atom. The first-order chi connectivity index (χ1) is 7.58. The molecule has 0 aromatic carbocycles. The Morgan fingerprint density at radius 2 is 2.38 bits per heavy atom. The lowest BCUT2D eigenvalue weighted by molar-refractivity contribution is 0.924. The SMILES string of the molecule is Cc1ncc2c(=O)n(NC(N)=S)ccc2n1. The molecule has 0 aliphatic carbocycles. The highest BCUT2D eigenvalue weighted by molar-refractivity contribution is 7.80. The fourth-order valence-corrected chi connectivity index (χ4v) is 1.43. The largest absolute Gasteiger partial charge is 0.375 e. The molecule has 0 unspecified atom stereocenters. The van der Waals surface area contributed by atoms with Gasteiger partial charge in [-0.05, 0) is 25.2 Å². The van der Waals surface area contributed by atoms with Crippen LogP contribution < -0.4 is 16.7 Å². The summed E-state index contributed by atoms with van der Waals surface area (Å²) >= 11 is 4.66. The summed E-state index contributed by atoms with van der Waals surface area (Å²) in [4.78, 5) is 20.0. The predicted molar refractivity (Wildman–Crippen MR) is 64.7 cm³/mol. The van der Waals surface area contributed by atoms with Gasteiger partial charge in [-0.15, -0.1) is 0 Å². The monoisotopic (exact) mass is 235 g/mol. The normalized spacial score (nSPS) is 10.3. The number of rotatable bonds is 1. The summed E-state index contributed by atoms with van der Waals surface area (Å²) in [5.74, 6) is 0.618. The van der Waals surface area contributed by atoms with Gasteiger partial charge < -0.3 is 5.73 Å². The number of hydrogen-bond acceptors (Lipinski definition) is 4. The van der Waals surface area contributed by atoms with Gasteiger partial charge >= 0.3 is 0 Å². The van der Waals surface area contributed by atoms with Crippen LogP contribution in [0.15, 0.2) is 23.3 Å². The van der Waals surface area contributed by atoms with Gasteiger partial charge in [0.1, 0.15) is 5.82 Å². The van der Waals surface area contributed by atoms with Crippen molar-refractivity contribution in [1.29, 1.82) is 0 Å². The molecule has 6 nitrogen and oxygen atoms in total. The van der Waals surface area contributed by atoms with Gasteiger partial charge in [-0.3, -0.25) is 10.2 Å². The third-order valence-electron chi connectivity index (χ3n) is 2.00. The van der Waals surface area contributed by atoms with Crippen LogP contribution in [0, 0.1) is 6.92 Å². The van der Waals surface area contributed by atoms with E-state index >= 15 is 0 Å². The molecule has 0 aliphatic heterocycles. The van der Waals surface area contributed by atoms with Crippen molar-refractivity contribution in [2.45, 2.75) is 6.92 Å². The molecule has 0 atom stereocenters. The molecular weight excluding hydrogens is 226 g/mol. The summed E-state index contributed by atoms with van der Waals surface area (Å²) in [5.41, 5.74) is 8.14. The quantitative estimate of drug-likeness (QED) is 0.671. The molecule has 82 valence electrons. The molecule has 7 heteroatoms. The van der Waals surface area contributed by atoms with Crippen molar-refractivity contribution < 1.29 is 0 Å². The molecule has 0 radical (unpaired) electrons. The summed E-state index contributed by atoms with van der Waals surface area (Å²) < 4.78 is 1.20. The number of aryl methyl sites for hydroxylation is 1. The zero-order valence-electron chi connectivity index (χ0n) is 8.47. The molecule has 0 bridgehead atoms. The summed E-state index contributed by atoms with van der Waals surface area (Å²) in [6.45, 7) is 1.76. The van der Waals surface area contributed by atoms with Crippen LogP contribution in [-0.2, 0) is 0 Å². The van der Waals surface area contributed by atoms with E-state index in [1.165, 1.54) is 17.1 Å². The van der Waals surface area contributed by atoms with E-state index in [2.05, 4.69) is 27.6 Å². The molecular formula is C9H9N5OS. The van der Waals surface area contributed by atoms with Gasteiger partial charge in [0.15, 0.2) is 5.11 Å². The average Bonchev–Trinajstić information content (AvgIpc) is 2.22. The van der Waals surface area contributed by atoms with Crippen LogP contribution in [0.2, 0.25) is 0 Å². The van der Waals surface area contributed by atoms with E-state index in [-0.39, 0.29) is 10.7 Å². The lowest BCUT2D eigenvalue weighted by atomic mass is 10.3. The minimum atomic E-state index is -0.287. The fraction of sp³-hybridized carbons (Fsp3) is 0.111. The summed E-state index contributed by atoms with van der Waals surface area (Å²) in [6.07, 6.45) is 3.01. The standard InChI is InChI=1S/C9H9N5OS/c1-5-11-4-6-7(12-5)2-3-14(8(6)15)13-9(10)16/h2-4H,1H3,(H3,10,13,16). The molecule has 3 N–H and O–H groups in total. The van der Waals surface area contributed by atoms with Gasteiger partial charge in [-0.1, -0.05) is 0 Å². The van der Waals surface area contributed by atoms with Crippen LogP contribution in [0.5, 0.6) is 0 Å². The minimum absolute atomic E-state index is 0.0227. The van der Waals surface area contributed by atoms with Gasteiger partial charge in [-0.25, -0.2) is 14.6 Å². The van der Waals surface area contributed by atoms with Gasteiger partial charge in [-0.2, -0.15) is 0 Å². The molecule has 2 aromatic rings. The van der Waals surface area contributed by atoms with E-state index in [4.69, 9.17) is 5.73 Å². The first-order valence-electron chi connectivity index (χ1n) is 4.49. The van der Waals surface area contributed by atoms with Crippen molar-refractivity contribution in [3.8, 4) is 0 Å². The van der Waals surface area contributed by atoms with Crippen LogP contribution in [0.4, 0.5) is 0 Å². The maximum absolute atomic E-state index is 11.9. The number of fused-ring (bicyclic) bond motifs is 1. The predicted octanol–water partition coefficient (Wildman–Crippen LogP) is -0.113. The minimum Gasteiger partial charge on any atom is -0.375 e. The van der Waals surface area contributed by atoms with Crippen LogP contribution in [0.3, 0.4) is 0 Å². The zero-order chi connectivity index (χ0) is 11.7. The highest BCUT2D eigenvalue weighted by atomic mass is 32.1. The lowest BCUT2D eigenvalue weighted by Gasteiger charge is -2.07. The Labute approximate surface area is 96.1 Å². The first kappa shape index (κ1) is 10.5. The van der Waals surface area contributed by atoms with Crippen LogP contribution >= 0.6 is 12.2 Å². The zero-order valence-corrected chi connectivity index (χ0v) is 9.28. The second-order valence-corrected chi connectivity index (χ2v) is 3.62. The maximum Gasteiger partial charge on any atom is 0.280 e. The van der Waals surface area contributed by atoms with Crippen molar-refractivity contribution in [2.75, 3.05) is 5.43 Å². The van der Waals surface area contributed by atoms with E-state index in [0.29, 0.717) is 16.7 Å². The number of thiocarbonyl (C=S) groups is 1. The molecule has 0 saturated heterocycles. The smallest absolute Gasteiger partial charge is 0.280 e. The number of nitrogens with zero attached hydrogens (tertiary/aromatic N) is 3. The lowest BCUT2D eigenvalue weighted by Crippen LogP contribution is -2.35. The number of pyridine rings is 1. The molecule has 2 aromatic heterocycles. The Hall–Kier alpha value is -2.02. The Balaban J connectivity index is 2.66. The van der Waals surface area contributed by atoms with Crippen LogP contribution in [0.25, 0.3) is 10.9 Å².